The van der Waals surface area contributed by atoms with E-state index < -0.39 is 0 Å². The number of hydrogen-bond donors (Lipinski definition) is 1. The van der Waals surface area contributed by atoms with Crippen molar-refractivity contribution in [2.24, 2.45) is 5.92 Å². The number of benzene rings is 1. The maximum Gasteiger partial charge on any atom is 0.250 e. The Morgan fingerprint density at radius 3 is 2.65 bits per heavy atom. The second-order valence-corrected chi connectivity index (χ2v) is 7.36. The van der Waals surface area contributed by atoms with Crippen molar-refractivity contribution >= 4 is 23.2 Å². The van der Waals surface area contributed by atoms with Gasteiger partial charge in [-0.1, -0.05) is 19.9 Å². The van der Waals surface area contributed by atoms with Crippen LogP contribution in [0, 0.1) is 5.92 Å². The van der Waals surface area contributed by atoms with Gasteiger partial charge >= 0.3 is 0 Å². The Hall–Kier alpha value is -2.67. The monoisotopic (exact) mass is 370 g/mol. The number of thiophene rings is 1. The lowest BCUT2D eigenvalue weighted by Crippen LogP contribution is -2.18. The highest BCUT2D eigenvalue weighted by Crippen LogP contribution is 2.22. The van der Waals surface area contributed by atoms with Crippen LogP contribution in [0.5, 0.6) is 5.75 Å². The lowest BCUT2D eigenvalue weighted by atomic mass is 10.1. The normalized spacial score (nSPS) is 10.9. The van der Waals surface area contributed by atoms with Crippen LogP contribution in [0.4, 0.5) is 5.95 Å². The molecule has 6 nitrogen and oxygen atoms in total. The molecule has 0 radical (unpaired) electrons. The number of rotatable bonds is 7. The van der Waals surface area contributed by atoms with Crippen LogP contribution in [0.1, 0.15) is 29.9 Å². The molecule has 0 saturated carbocycles. The van der Waals surface area contributed by atoms with Crippen molar-refractivity contribution in [1.29, 1.82) is 0 Å². The van der Waals surface area contributed by atoms with Crippen LogP contribution in [-0.4, -0.2) is 27.8 Å². The van der Waals surface area contributed by atoms with Crippen LogP contribution in [0.3, 0.4) is 0 Å². The van der Waals surface area contributed by atoms with Gasteiger partial charge in [0.2, 0.25) is 11.9 Å². The minimum atomic E-state index is -0.0686. The molecule has 1 N–H and O–H groups in total. The van der Waals surface area contributed by atoms with E-state index in [1.54, 1.807) is 18.4 Å². The van der Waals surface area contributed by atoms with Crippen LogP contribution in [0.2, 0.25) is 0 Å². The summed E-state index contributed by atoms with van der Waals surface area (Å²) < 4.78 is 6.57. The Balaban J connectivity index is 1.88. The highest BCUT2D eigenvalue weighted by atomic mass is 32.1. The lowest BCUT2D eigenvalue weighted by Gasteiger charge is -2.07. The molecule has 3 aromatic rings. The summed E-state index contributed by atoms with van der Waals surface area (Å²) in [5.41, 5.74) is 0.834. The summed E-state index contributed by atoms with van der Waals surface area (Å²) in [6.45, 7) is 4.63. The van der Waals surface area contributed by atoms with Crippen molar-refractivity contribution in [3.8, 4) is 17.1 Å². The first-order valence-corrected chi connectivity index (χ1v) is 9.35. The summed E-state index contributed by atoms with van der Waals surface area (Å²) in [5.74, 6) is 1.93. The summed E-state index contributed by atoms with van der Waals surface area (Å²) >= 11 is 1.66. The van der Waals surface area contributed by atoms with E-state index >= 15 is 0 Å². The summed E-state index contributed by atoms with van der Waals surface area (Å²) in [4.78, 5) is 18.3. The van der Waals surface area contributed by atoms with E-state index in [-0.39, 0.29) is 11.8 Å². The Morgan fingerprint density at radius 1 is 1.27 bits per heavy atom. The van der Waals surface area contributed by atoms with E-state index in [0.29, 0.717) is 24.7 Å². The molecule has 0 fully saturated rings. The minimum Gasteiger partial charge on any atom is -0.497 e. The molecule has 2 aromatic heterocycles. The first-order chi connectivity index (χ1) is 12.6. The number of carbonyl (C=O) groups is 1. The largest absolute Gasteiger partial charge is 0.497 e. The van der Waals surface area contributed by atoms with Gasteiger partial charge in [-0.25, -0.2) is 0 Å². The average molecular weight is 370 g/mol. The van der Waals surface area contributed by atoms with Gasteiger partial charge in [0.05, 0.1) is 13.7 Å². The number of ether oxygens (including phenoxy) is 1. The van der Waals surface area contributed by atoms with Crippen LogP contribution in [0.15, 0.2) is 41.8 Å². The van der Waals surface area contributed by atoms with Crippen molar-refractivity contribution in [2.45, 2.75) is 26.8 Å². The maximum absolute atomic E-state index is 12.6. The van der Waals surface area contributed by atoms with E-state index in [0.717, 1.165) is 11.3 Å². The molecule has 0 atom stereocenters. The van der Waals surface area contributed by atoms with Gasteiger partial charge in [-0.15, -0.1) is 16.4 Å². The second-order valence-electron chi connectivity index (χ2n) is 6.32. The zero-order valence-corrected chi connectivity index (χ0v) is 15.9. The van der Waals surface area contributed by atoms with Gasteiger partial charge in [0.25, 0.3) is 0 Å². The van der Waals surface area contributed by atoms with E-state index in [9.17, 15) is 4.79 Å². The van der Waals surface area contributed by atoms with Crippen molar-refractivity contribution in [3.63, 3.8) is 0 Å². The van der Waals surface area contributed by atoms with Crippen LogP contribution in [-0.2, 0) is 6.54 Å². The van der Waals surface area contributed by atoms with Gasteiger partial charge in [-0.05, 0) is 41.6 Å². The molecule has 136 valence electrons. The average Bonchev–Trinajstić information content (AvgIpc) is 3.29. The molecule has 3 rings (SSSR count). The Bertz CT molecular complexity index is 854. The molecular formula is C19H22N4O2S. The van der Waals surface area contributed by atoms with Gasteiger partial charge < -0.3 is 10.1 Å². The van der Waals surface area contributed by atoms with Gasteiger partial charge in [-0.2, -0.15) is 9.67 Å². The molecule has 26 heavy (non-hydrogen) atoms. The molecule has 0 spiro atoms. The minimum absolute atomic E-state index is 0.0686. The summed E-state index contributed by atoms with van der Waals surface area (Å²) in [5, 5.41) is 9.70. The first kappa shape index (κ1) is 18.1. The molecule has 0 bridgehead atoms. The molecule has 0 aliphatic rings. The van der Waals surface area contributed by atoms with E-state index in [4.69, 9.17) is 4.74 Å². The van der Waals surface area contributed by atoms with Crippen LogP contribution < -0.4 is 10.1 Å². The predicted molar refractivity (Wildman–Crippen MR) is 104 cm³/mol. The standard InChI is InChI=1S/C19H22N4O2S/c1-13(2)11-17(24)23-19(20-12-16-5-4-10-26-16)21-18(22-23)14-6-8-15(25-3)9-7-14/h4-10,13H,11-12H2,1-3H3,(H,20,21,22). The van der Waals surface area contributed by atoms with Crippen molar-refractivity contribution in [2.75, 3.05) is 12.4 Å². The number of carbonyl (C=O) groups excluding carboxylic acids is 1. The van der Waals surface area contributed by atoms with Crippen molar-refractivity contribution in [1.82, 2.24) is 14.8 Å². The third-order valence-corrected chi connectivity index (χ3v) is 4.65. The molecule has 0 aliphatic carbocycles. The Labute approximate surface area is 156 Å². The van der Waals surface area contributed by atoms with Gasteiger partial charge in [0.1, 0.15) is 5.75 Å². The molecule has 2 heterocycles. The van der Waals surface area contributed by atoms with Crippen LogP contribution in [0.25, 0.3) is 11.4 Å². The van der Waals surface area contributed by atoms with Gasteiger partial charge in [0.15, 0.2) is 5.82 Å². The topological polar surface area (TPSA) is 69.0 Å². The highest BCUT2D eigenvalue weighted by molar-refractivity contribution is 7.09. The highest BCUT2D eigenvalue weighted by Gasteiger charge is 2.18. The van der Waals surface area contributed by atoms with E-state index in [2.05, 4.69) is 15.4 Å². The molecule has 0 saturated heterocycles. The number of anilines is 1. The maximum atomic E-state index is 12.6. The Morgan fingerprint density at radius 2 is 2.04 bits per heavy atom. The number of nitrogens with one attached hydrogen (secondary N) is 1. The number of nitrogens with zero attached hydrogens (tertiary/aromatic N) is 3. The second kappa shape index (κ2) is 8.14. The lowest BCUT2D eigenvalue weighted by molar-refractivity contribution is 0.0873. The summed E-state index contributed by atoms with van der Waals surface area (Å²) in [6.07, 6.45) is 0.416. The van der Waals surface area contributed by atoms with Crippen LogP contribution >= 0.6 is 11.3 Å². The summed E-state index contributed by atoms with van der Waals surface area (Å²) in [7, 11) is 1.62. The first-order valence-electron chi connectivity index (χ1n) is 8.47. The third-order valence-electron chi connectivity index (χ3n) is 3.78. The fourth-order valence-corrected chi connectivity index (χ4v) is 3.12. The number of hydrogen-bond acceptors (Lipinski definition) is 6. The molecule has 0 unspecified atom stereocenters. The molecule has 0 amide bonds. The molecule has 0 aliphatic heterocycles. The molecule has 7 heteroatoms. The zero-order chi connectivity index (χ0) is 18.5. The Kier molecular flexibility index (Phi) is 5.68. The smallest absolute Gasteiger partial charge is 0.250 e. The quantitative estimate of drug-likeness (QED) is 0.671. The predicted octanol–water partition coefficient (Wildman–Crippen LogP) is 4.31. The summed E-state index contributed by atoms with van der Waals surface area (Å²) in [6, 6.07) is 11.5. The number of methoxy groups -OCH3 is 1. The fraction of sp³-hybridized carbons (Fsp3) is 0.316. The fourth-order valence-electron chi connectivity index (χ4n) is 2.48. The van der Waals surface area contributed by atoms with Gasteiger partial charge in [0, 0.05) is 16.9 Å². The molecule has 1 aromatic carbocycles. The molecular weight excluding hydrogens is 348 g/mol. The van der Waals surface area contributed by atoms with E-state index in [1.165, 1.54) is 9.56 Å². The number of aromatic nitrogens is 3. The SMILES string of the molecule is COc1ccc(-c2nc(NCc3cccs3)n(C(=O)CC(C)C)n2)cc1. The van der Waals surface area contributed by atoms with Gasteiger partial charge in [-0.3, -0.25) is 4.79 Å². The van der Waals surface area contributed by atoms with Crippen molar-refractivity contribution < 1.29 is 9.53 Å². The van der Waals surface area contributed by atoms with E-state index in [1.807, 2.05) is 55.6 Å². The zero-order valence-electron chi connectivity index (χ0n) is 15.1. The third kappa shape index (κ3) is 4.29. The van der Waals surface area contributed by atoms with Crippen molar-refractivity contribution in [3.05, 3.63) is 46.7 Å².